The number of benzene rings is 1. The lowest BCUT2D eigenvalue weighted by Gasteiger charge is -2.39. The number of hydrogen-bond acceptors (Lipinski definition) is 4. The maximum Gasteiger partial charge on any atom is 0.313 e. The van der Waals surface area contributed by atoms with E-state index in [1.807, 2.05) is 30.3 Å². The lowest BCUT2D eigenvalue weighted by molar-refractivity contribution is -0.159. The highest BCUT2D eigenvalue weighted by molar-refractivity contribution is 5.80. The van der Waals surface area contributed by atoms with E-state index in [0.717, 1.165) is 5.56 Å². The topological polar surface area (TPSA) is 76.1 Å². The number of likely N-dealkylation sites (tertiary alicyclic amines) is 1. The third kappa shape index (κ3) is 4.79. The largest absolute Gasteiger partial charge is 0.481 e. The van der Waals surface area contributed by atoms with Crippen molar-refractivity contribution in [3.8, 4) is 0 Å². The Kier molecular flexibility index (Phi) is 6.75. The lowest BCUT2D eigenvalue weighted by Crippen LogP contribution is -2.52. The molecule has 1 amide bonds. The number of carboxylic acids is 1. The molecular weight excluding hydrogens is 310 g/mol. The Morgan fingerprint density at radius 3 is 2.71 bits per heavy atom. The Hall–Kier alpha value is -1.92. The first kappa shape index (κ1) is 18.4. The van der Waals surface area contributed by atoms with E-state index < -0.39 is 11.4 Å². The molecule has 0 radical (unpaired) electrons. The molecule has 1 saturated heterocycles. The first-order chi connectivity index (χ1) is 11.6. The van der Waals surface area contributed by atoms with Gasteiger partial charge in [0.25, 0.3) is 0 Å². The Balaban J connectivity index is 1.80. The number of piperidine rings is 1. The second kappa shape index (κ2) is 8.80. The zero-order chi connectivity index (χ0) is 17.4. The molecule has 0 aliphatic carbocycles. The van der Waals surface area contributed by atoms with Gasteiger partial charge < -0.3 is 19.5 Å². The molecule has 24 heavy (non-hydrogen) atoms. The van der Waals surface area contributed by atoms with Crippen LogP contribution in [0, 0.1) is 5.41 Å². The number of methoxy groups -OCH3 is 1. The van der Waals surface area contributed by atoms with Crippen LogP contribution in [0.3, 0.4) is 0 Å². The van der Waals surface area contributed by atoms with Gasteiger partial charge in [-0.05, 0) is 18.4 Å². The van der Waals surface area contributed by atoms with Gasteiger partial charge in [0.15, 0.2) is 0 Å². The van der Waals surface area contributed by atoms with Crippen molar-refractivity contribution in [3.05, 3.63) is 35.9 Å². The number of aliphatic carboxylic acids is 1. The van der Waals surface area contributed by atoms with Crippen molar-refractivity contribution in [1.82, 2.24) is 4.90 Å². The molecule has 0 aromatic heterocycles. The van der Waals surface area contributed by atoms with Crippen molar-refractivity contribution >= 4 is 11.9 Å². The van der Waals surface area contributed by atoms with Gasteiger partial charge in [0.05, 0.1) is 26.2 Å². The van der Waals surface area contributed by atoms with Gasteiger partial charge in [-0.1, -0.05) is 30.3 Å². The van der Waals surface area contributed by atoms with Crippen LogP contribution < -0.4 is 0 Å². The van der Waals surface area contributed by atoms with Crippen LogP contribution in [0.2, 0.25) is 0 Å². The van der Waals surface area contributed by atoms with Crippen molar-refractivity contribution in [2.45, 2.75) is 25.9 Å². The summed E-state index contributed by atoms with van der Waals surface area (Å²) in [6.45, 7) is 1.71. The normalized spacial score (nSPS) is 20.8. The van der Waals surface area contributed by atoms with E-state index in [1.54, 1.807) is 4.90 Å². The van der Waals surface area contributed by atoms with Crippen molar-refractivity contribution in [2.24, 2.45) is 5.41 Å². The van der Waals surface area contributed by atoms with Crippen molar-refractivity contribution < 1.29 is 24.2 Å². The number of hydrogen-bond donors (Lipinski definition) is 1. The summed E-state index contributed by atoms with van der Waals surface area (Å²) in [7, 11) is 1.49. The molecule has 1 unspecified atom stereocenters. The lowest BCUT2D eigenvalue weighted by atomic mass is 9.80. The molecule has 1 aliphatic heterocycles. The molecule has 6 heteroatoms. The van der Waals surface area contributed by atoms with E-state index in [-0.39, 0.29) is 25.5 Å². The van der Waals surface area contributed by atoms with Gasteiger partial charge in [-0.3, -0.25) is 9.59 Å². The highest BCUT2D eigenvalue weighted by Gasteiger charge is 2.43. The molecule has 2 rings (SSSR count). The summed E-state index contributed by atoms with van der Waals surface area (Å²) in [6.07, 6.45) is 1.46. The van der Waals surface area contributed by atoms with Crippen LogP contribution in [-0.2, 0) is 25.7 Å². The fourth-order valence-electron chi connectivity index (χ4n) is 3.06. The van der Waals surface area contributed by atoms with Gasteiger partial charge in [0.2, 0.25) is 5.91 Å². The molecule has 132 valence electrons. The smallest absolute Gasteiger partial charge is 0.313 e. The van der Waals surface area contributed by atoms with Gasteiger partial charge >= 0.3 is 5.97 Å². The second-order valence-electron chi connectivity index (χ2n) is 6.23. The fraction of sp³-hybridized carbons (Fsp3) is 0.556. The molecule has 0 bridgehead atoms. The van der Waals surface area contributed by atoms with Gasteiger partial charge in [-0.2, -0.15) is 0 Å². The molecular formula is C18H25NO5. The summed E-state index contributed by atoms with van der Waals surface area (Å²) < 4.78 is 10.6. The Labute approximate surface area is 142 Å². The third-order valence-corrected chi connectivity index (χ3v) is 4.38. The van der Waals surface area contributed by atoms with E-state index in [9.17, 15) is 14.7 Å². The monoisotopic (exact) mass is 335 g/mol. The zero-order valence-electron chi connectivity index (χ0n) is 14.1. The Morgan fingerprint density at radius 2 is 2.04 bits per heavy atom. The average Bonchev–Trinajstić information content (AvgIpc) is 2.60. The summed E-state index contributed by atoms with van der Waals surface area (Å²) in [5.41, 5.74) is 0.0704. The standard InChI is InChI=1S/C18H25NO5/c1-23-14-18(17(21)22)9-5-10-19(13-18)16(20)8-11-24-12-15-6-3-2-4-7-15/h2-4,6-7H,5,8-14H2,1H3,(H,21,22). The van der Waals surface area contributed by atoms with Crippen LogP contribution in [0.4, 0.5) is 0 Å². The predicted molar refractivity (Wildman–Crippen MR) is 88.5 cm³/mol. The molecule has 0 saturated carbocycles. The Morgan fingerprint density at radius 1 is 1.29 bits per heavy atom. The maximum absolute atomic E-state index is 12.3. The van der Waals surface area contributed by atoms with E-state index in [0.29, 0.717) is 32.6 Å². The summed E-state index contributed by atoms with van der Waals surface area (Å²) in [5.74, 6) is -0.966. The highest BCUT2D eigenvalue weighted by atomic mass is 16.5. The van der Waals surface area contributed by atoms with Crippen LogP contribution in [0.15, 0.2) is 30.3 Å². The van der Waals surface area contributed by atoms with Crippen LogP contribution in [0.5, 0.6) is 0 Å². The molecule has 1 aliphatic rings. The SMILES string of the molecule is COCC1(C(=O)O)CCCN(C(=O)CCOCc2ccccc2)C1. The molecule has 6 nitrogen and oxygen atoms in total. The maximum atomic E-state index is 12.3. The Bertz CT molecular complexity index is 544. The third-order valence-electron chi connectivity index (χ3n) is 4.38. The summed E-state index contributed by atoms with van der Waals surface area (Å²) in [4.78, 5) is 25.6. The number of carbonyl (C=O) groups is 2. The van der Waals surface area contributed by atoms with Crippen LogP contribution >= 0.6 is 0 Å². The van der Waals surface area contributed by atoms with Crippen molar-refractivity contribution in [1.29, 1.82) is 0 Å². The number of amides is 1. The van der Waals surface area contributed by atoms with E-state index in [2.05, 4.69) is 0 Å². The van der Waals surface area contributed by atoms with E-state index in [4.69, 9.17) is 9.47 Å². The first-order valence-electron chi connectivity index (χ1n) is 8.19. The van der Waals surface area contributed by atoms with Crippen LogP contribution in [0.25, 0.3) is 0 Å². The molecule has 1 N–H and O–H groups in total. The quantitative estimate of drug-likeness (QED) is 0.735. The molecule has 0 spiro atoms. The van der Waals surface area contributed by atoms with Crippen LogP contribution in [-0.4, -0.2) is 55.3 Å². The number of ether oxygens (including phenoxy) is 2. The molecule has 1 aromatic rings. The predicted octanol–water partition coefficient (Wildman–Crippen LogP) is 1.93. The van der Waals surface area contributed by atoms with E-state index >= 15 is 0 Å². The number of rotatable bonds is 8. The summed E-state index contributed by atoms with van der Waals surface area (Å²) in [5, 5.41) is 9.52. The average molecular weight is 335 g/mol. The second-order valence-corrected chi connectivity index (χ2v) is 6.23. The summed E-state index contributed by atoms with van der Waals surface area (Å²) >= 11 is 0. The minimum Gasteiger partial charge on any atom is -0.481 e. The molecule has 1 atom stereocenters. The number of carbonyl (C=O) groups excluding carboxylic acids is 1. The van der Waals surface area contributed by atoms with Crippen LogP contribution in [0.1, 0.15) is 24.8 Å². The van der Waals surface area contributed by atoms with Gasteiger partial charge in [0, 0.05) is 20.2 Å². The molecule has 1 heterocycles. The number of carboxylic acid groups (broad SMARTS) is 1. The first-order valence-corrected chi connectivity index (χ1v) is 8.19. The van der Waals surface area contributed by atoms with E-state index in [1.165, 1.54) is 7.11 Å². The van der Waals surface area contributed by atoms with Crippen molar-refractivity contribution in [2.75, 3.05) is 33.4 Å². The van der Waals surface area contributed by atoms with Crippen molar-refractivity contribution in [3.63, 3.8) is 0 Å². The highest BCUT2D eigenvalue weighted by Crippen LogP contribution is 2.31. The van der Waals surface area contributed by atoms with Gasteiger partial charge in [0.1, 0.15) is 5.41 Å². The molecule has 1 fully saturated rings. The van der Waals surface area contributed by atoms with Gasteiger partial charge in [-0.25, -0.2) is 0 Å². The summed E-state index contributed by atoms with van der Waals surface area (Å²) in [6, 6.07) is 9.77. The minimum absolute atomic E-state index is 0.0653. The fourth-order valence-corrected chi connectivity index (χ4v) is 3.06. The zero-order valence-corrected chi connectivity index (χ0v) is 14.1. The molecule has 1 aromatic carbocycles. The number of nitrogens with zero attached hydrogens (tertiary/aromatic N) is 1. The van der Waals surface area contributed by atoms with Gasteiger partial charge in [-0.15, -0.1) is 0 Å². The minimum atomic E-state index is -0.993.